The van der Waals surface area contributed by atoms with Crippen LogP contribution >= 0.6 is 0 Å². The summed E-state index contributed by atoms with van der Waals surface area (Å²) in [6.45, 7) is 2.76. The molecule has 1 saturated heterocycles. The lowest BCUT2D eigenvalue weighted by atomic mass is 10.1. The average Bonchev–Trinajstić information content (AvgIpc) is 2.30. The number of rotatable bonds is 2. The van der Waals surface area contributed by atoms with Gasteiger partial charge in [0.25, 0.3) is 0 Å². The van der Waals surface area contributed by atoms with Crippen molar-refractivity contribution in [1.29, 1.82) is 0 Å². The molecule has 0 aromatic heterocycles. The van der Waals surface area contributed by atoms with E-state index in [1.165, 1.54) is 0 Å². The lowest BCUT2D eigenvalue weighted by Gasteiger charge is -2.26. The van der Waals surface area contributed by atoms with Crippen LogP contribution in [0.15, 0.2) is 0 Å². The Morgan fingerprint density at radius 2 is 2.27 bits per heavy atom. The summed E-state index contributed by atoms with van der Waals surface area (Å²) in [5.74, 6) is 0. The van der Waals surface area contributed by atoms with Crippen LogP contribution in [0.2, 0.25) is 0 Å². The Kier molecular flexibility index (Phi) is 2.84. The van der Waals surface area contributed by atoms with Crippen molar-refractivity contribution in [1.82, 2.24) is 4.90 Å². The smallest absolute Gasteiger partial charge is 0.119 e. The van der Waals surface area contributed by atoms with Gasteiger partial charge in [0.1, 0.15) is 6.17 Å². The number of ether oxygens (including phenoxy) is 1. The van der Waals surface area contributed by atoms with E-state index in [9.17, 15) is 4.39 Å². The molecule has 0 bridgehead atoms. The first kappa shape index (κ1) is 8.94. The number of likely N-dealkylation sites (N-methyl/N-ethyl adjacent to an activating group) is 1. The van der Waals surface area contributed by atoms with E-state index in [4.69, 9.17) is 4.74 Å². The monoisotopic (exact) mass is 161 g/mol. The van der Waals surface area contributed by atoms with Crippen LogP contribution in [0.25, 0.3) is 0 Å². The second kappa shape index (κ2) is 3.50. The van der Waals surface area contributed by atoms with Crippen LogP contribution in [0.3, 0.4) is 0 Å². The quantitative estimate of drug-likeness (QED) is 0.600. The predicted octanol–water partition coefficient (Wildman–Crippen LogP) is 1.06. The van der Waals surface area contributed by atoms with Gasteiger partial charge in [0, 0.05) is 13.7 Å². The topological polar surface area (TPSA) is 12.5 Å². The fraction of sp³-hybridized carbons (Fsp3) is 1.00. The first-order valence-corrected chi connectivity index (χ1v) is 4.04. The van der Waals surface area contributed by atoms with Crippen LogP contribution in [0.5, 0.6) is 0 Å². The summed E-state index contributed by atoms with van der Waals surface area (Å²) in [7, 11) is 3.57. The highest BCUT2D eigenvalue weighted by molar-refractivity contribution is 4.89. The molecule has 11 heavy (non-hydrogen) atoms. The molecule has 0 spiro atoms. The molecule has 1 rings (SSSR count). The third kappa shape index (κ3) is 1.71. The molecule has 1 heterocycles. The summed E-state index contributed by atoms with van der Waals surface area (Å²) in [5, 5.41) is 0. The van der Waals surface area contributed by atoms with Gasteiger partial charge >= 0.3 is 0 Å². The number of nitrogens with zero attached hydrogens (tertiary/aromatic N) is 1. The van der Waals surface area contributed by atoms with Crippen molar-refractivity contribution in [3.8, 4) is 0 Å². The number of hydrogen-bond acceptors (Lipinski definition) is 2. The molecule has 1 aliphatic heterocycles. The first-order chi connectivity index (χ1) is 5.16. The number of alkyl halides is 1. The Balaban J connectivity index is 2.53. The Hall–Kier alpha value is -0.150. The molecule has 3 heteroatoms. The molecular weight excluding hydrogens is 145 g/mol. The second-order valence-electron chi connectivity index (χ2n) is 3.22. The molecular formula is C8H16FNO. The van der Waals surface area contributed by atoms with Gasteiger partial charge in [0.2, 0.25) is 0 Å². The lowest BCUT2D eigenvalue weighted by Crippen LogP contribution is -2.40. The summed E-state index contributed by atoms with van der Waals surface area (Å²) in [5.41, 5.74) is 0. The Bertz CT molecular complexity index is 121. The van der Waals surface area contributed by atoms with Crippen LogP contribution in [0.4, 0.5) is 4.39 Å². The predicted molar refractivity (Wildman–Crippen MR) is 42.4 cm³/mol. The van der Waals surface area contributed by atoms with Gasteiger partial charge in [-0.05, 0) is 20.4 Å². The van der Waals surface area contributed by atoms with Crippen molar-refractivity contribution < 1.29 is 9.13 Å². The molecule has 0 aromatic rings. The molecule has 2 nitrogen and oxygen atoms in total. The van der Waals surface area contributed by atoms with Gasteiger partial charge < -0.3 is 4.74 Å². The zero-order chi connectivity index (χ0) is 8.43. The summed E-state index contributed by atoms with van der Waals surface area (Å²) in [6.07, 6.45) is -0.0676. The molecule has 1 fully saturated rings. The van der Waals surface area contributed by atoms with Crippen molar-refractivity contribution >= 4 is 0 Å². The van der Waals surface area contributed by atoms with Gasteiger partial charge in [-0.25, -0.2) is 4.39 Å². The van der Waals surface area contributed by atoms with E-state index in [1.807, 2.05) is 18.9 Å². The van der Waals surface area contributed by atoms with Crippen LogP contribution in [0, 0.1) is 0 Å². The fourth-order valence-electron chi connectivity index (χ4n) is 1.71. The Morgan fingerprint density at radius 3 is 2.64 bits per heavy atom. The molecule has 3 atom stereocenters. The van der Waals surface area contributed by atoms with E-state index in [0.29, 0.717) is 6.42 Å². The van der Waals surface area contributed by atoms with Crippen molar-refractivity contribution in [2.75, 3.05) is 20.7 Å². The maximum atomic E-state index is 13.2. The van der Waals surface area contributed by atoms with Crippen LogP contribution < -0.4 is 0 Å². The van der Waals surface area contributed by atoms with Crippen molar-refractivity contribution in [3.63, 3.8) is 0 Å². The largest absolute Gasteiger partial charge is 0.380 e. The minimum atomic E-state index is -0.713. The van der Waals surface area contributed by atoms with Gasteiger partial charge in [-0.15, -0.1) is 0 Å². The maximum Gasteiger partial charge on any atom is 0.119 e. The third-order valence-electron chi connectivity index (χ3n) is 2.49. The van der Waals surface area contributed by atoms with Gasteiger partial charge in [-0.1, -0.05) is 0 Å². The van der Waals surface area contributed by atoms with Gasteiger partial charge in [-0.2, -0.15) is 0 Å². The second-order valence-corrected chi connectivity index (χ2v) is 3.22. The van der Waals surface area contributed by atoms with Crippen molar-refractivity contribution in [2.24, 2.45) is 0 Å². The molecule has 0 saturated carbocycles. The highest BCUT2D eigenvalue weighted by Gasteiger charge is 2.35. The number of halogens is 1. The standard InChI is InChI=1S/C8H16FNO/c1-6(11-3)8-7(9)4-5-10(8)2/h6-8H,4-5H2,1-3H3/t6-,7+,8+/m0/s1. The van der Waals surface area contributed by atoms with Crippen molar-refractivity contribution in [3.05, 3.63) is 0 Å². The molecule has 0 aromatic carbocycles. The normalized spacial score (nSPS) is 36.0. The van der Waals surface area contributed by atoms with E-state index in [-0.39, 0.29) is 12.1 Å². The van der Waals surface area contributed by atoms with Gasteiger partial charge in [-0.3, -0.25) is 4.90 Å². The SMILES string of the molecule is CO[C@@H](C)[C@@H]1[C@H](F)CCN1C. The molecule has 0 unspecified atom stereocenters. The van der Waals surface area contributed by atoms with E-state index in [2.05, 4.69) is 0 Å². The minimum Gasteiger partial charge on any atom is -0.380 e. The summed E-state index contributed by atoms with van der Waals surface area (Å²) in [6, 6.07) is -0.0417. The zero-order valence-corrected chi connectivity index (χ0v) is 7.38. The van der Waals surface area contributed by atoms with Gasteiger partial charge in [0.05, 0.1) is 12.1 Å². The molecule has 0 N–H and O–H groups in total. The van der Waals surface area contributed by atoms with E-state index >= 15 is 0 Å². The highest BCUT2D eigenvalue weighted by Crippen LogP contribution is 2.22. The first-order valence-electron chi connectivity index (χ1n) is 4.04. The fourth-order valence-corrected chi connectivity index (χ4v) is 1.71. The van der Waals surface area contributed by atoms with E-state index in [1.54, 1.807) is 7.11 Å². The number of hydrogen-bond donors (Lipinski definition) is 0. The minimum absolute atomic E-state index is 0.00231. The number of likely N-dealkylation sites (tertiary alicyclic amines) is 1. The van der Waals surface area contributed by atoms with Crippen LogP contribution in [0.1, 0.15) is 13.3 Å². The Morgan fingerprint density at radius 1 is 1.64 bits per heavy atom. The van der Waals surface area contributed by atoms with E-state index in [0.717, 1.165) is 6.54 Å². The summed E-state index contributed by atoms with van der Waals surface area (Å²) in [4.78, 5) is 2.03. The van der Waals surface area contributed by atoms with Crippen LogP contribution in [-0.2, 0) is 4.74 Å². The summed E-state index contributed by atoms with van der Waals surface area (Å²) >= 11 is 0. The lowest BCUT2D eigenvalue weighted by molar-refractivity contribution is 0.0291. The third-order valence-corrected chi connectivity index (χ3v) is 2.49. The summed E-state index contributed by atoms with van der Waals surface area (Å²) < 4.78 is 18.2. The van der Waals surface area contributed by atoms with Crippen LogP contribution in [-0.4, -0.2) is 43.9 Å². The van der Waals surface area contributed by atoms with Gasteiger partial charge in [0.15, 0.2) is 0 Å². The molecule has 0 radical (unpaired) electrons. The molecule has 1 aliphatic rings. The Labute approximate surface area is 67.3 Å². The van der Waals surface area contributed by atoms with Crippen molar-refractivity contribution in [2.45, 2.75) is 31.7 Å². The molecule has 66 valence electrons. The average molecular weight is 161 g/mol. The molecule has 0 amide bonds. The zero-order valence-electron chi connectivity index (χ0n) is 7.38. The van der Waals surface area contributed by atoms with E-state index < -0.39 is 6.17 Å². The number of methoxy groups -OCH3 is 1. The maximum absolute atomic E-state index is 13.2. The molecule has 0 aliphatic carbocycles. The highest BCUT2D eigenvalue weighted by atomic mass is 19.1.